The molecule has 1 amide bonds. The van der Waals surface area contributed by atoms with E-state index in [9.17, 15) is 34.8 Å². The van der Waals surface area contributed by atoms with Gasteiger partial charge in [0.15, 0.2) is 0 Å². The van der Waals surface area contributed by atoms with E-state index in [1.54, 1.807) is 0 Å². The Kier molecular flexibility index (Phi) is 7.08. The number of carbonyl (C=O) groups is 1. The highest BCUT2D eigenvalue weighted by atomic mass is 32.2. The summed E-state index contributed by atoms with van der Waals surface area (Å²) in [6, 6.07) is 3.93. The number of ether oxygens (including phenoxy) is 1. The maximum absolute atomic E-state index is 12.8. The summed E-state index contributed by atoms with van der Waals surface area (Å²) in [6.45, 7) is 0.824. The first kappa shape index (κ1) is 24.7. The number of sulfonamides is 2. The highest BCUT2D eigenvalue weighted by Gasteiger charge is 2.36. The van der Waals surface area contributed by atoms with E-state index >= 15 is 0 Å². The topological polar surface area (TPSA) is 104 Å². The van der Waals surface area contributed by atoms with Gasteiger partial charge in [-0.05, 0) is 37.1 Å². The molecular weight excluding hydrogens is 475 g/mol. The SMILES string of the molecule is CS(=O)(=O)N1CCCC(C(=O)N2CCN(S(=O)(=O)c3ccc(OC(F)(F)F)cc3)CC2)C1. The molecule has 14 heteroatoms. The van der Waals surface area contributed by atoms with Gasteiger partial charge in [0.25, 0.3) is 0 Å². The fourth-order valence-electron chi connectivity index (χ4n) is 3.81. The highest BCUT2D eigenvalue weighted by molar-refractivity contribution is 7.89. The van der Waals surface area contributed by atoms with Crippen molar-refractivity contribution < 1.29 is 39.5 Å². The summed E-state index contributed by atoms with van der Waals surface area (Å²) in [7, 11) is -7.34. The molecule has 1 atom stereocenters. The number of halogens is 3. The molecule has 2 aliphatic rings. The molecule has 0 aromatic heterocycles. The maximum Gasteiger partial charge on any atom is 0.573 e. The third-order valence-electron chi connectivity index (χ3n) is 5.45. The first-order valence-corrected chi connectivity index (χ1v) is 13.2. The van der Waals surface area contributed by atoms with Crippen LogP contribution in [0.25, 0.3) is 0 Å². The molecule has 2 heterocycles. The number of piperazine rings is 1. The zero-order chi connectivity index (χ0) is 23.7. The normalized spacial score (nSPS) is 22.0. The molecule has 2 saturated heterocycles. The molecule has 32 heavy (non-hydrogen) atoms. The van der Waals surface area contributed by atoms with Gasteiger partial charge < -0.3 is 9.64 Å². The van der Waals surface area contributed by atoms with Crippen LogP contribution in [0.5, 0.6) is 5.75 Å². The van der Waals surface area contributed by atoms with Crippen LogP contribution in [0.4, 0.5) is 13.2 Å². The molecule has 3 rings (SSSR count). The summed E-state index contributed by atoms with van der Waals surface area (Å²) in [6.07, 6.45) is -2.63. The number of amides is 1. The Morgan fingerprint density at radius 1 is 0.969 bits per heavy atom. The van der Waals surface area contributed by atoms with Crippen molar-refractivity contribution in [3.63, 3.8) is 0 Å². The van der Waals surface area contributed by atoms with Crippen LogP contribution < -0.4 is 4.74 Å². The molecule has 0 spiro atoms. The van der Waals surface area contributed by atoms with Crippen molar-refractivity contribution >= 4 is 26.0 Å². The van der Waals surface area contributed by atoms with Crippen molar-refractivity contribution in [1.82, 2.24) is 13.5 Å². The van der Waals surface area contributed by atoms with Crippen LogP contribution in [0.1, 0.15) is 12.8 Å². The minimum atomic E-state index is -4.88. The summed E-state index contributed by atoms with van der Waals surface area (Å²) < 4.78 is 92.2. The number of rotatable bonds is 5. The van der Waals surface area contributed by atoms with Gasteiger partial charge in [-0.25, -0.2) is 21.1 Å². The lowest BCUT2D eigenvalue weighted by Gasteiger charge is -2.38. The fraction of sp³-hybridized carbons (Fsp3) is 0.611. The zero-order valence-electron chi connectivity index (χ0n) is 17.3. The molecule has 180 valence electrons. The van der Waals surface area contributed by atoms with Crippen molar-refractivity contribution in [3.05, 3.63) is 24.3 Å². The Labute approximate surface area is 184 Å². The van der Waals surface area contributed by atoms with E-state index in [2.05, 4.69) is 4.74 Å². The highest BCUT2D eigenvalue weighted by Crippen LogP contribution is 2.26. The van der Waals surface area contributed by atoms with Crippen molar-refractivity contribution in [1.29, 1.82) is 0 Å². The molecule has 0 radical (unpaired) electrons. The molecule has 1 aromatic rings. The van der Waals surface area contributed by atoms with Crippen molar-refractivity contribution in [2.45, 2.75) is 24.1 Å². The Bertz CT molecular complexity index is 1040. The van der Waals surface area contributed by atoms with Gasteiger partial charge in [0, 0.05) is 39.3 Å². The van der Waals surface area contributed by atoms with Gasteiger partial charge in [0.1, 0.15) is 5.75 Å². The molecule has 9 nitrogen and oxygen atoms in total. The van der Waals surface area contributed by atoms with Gasteiger partial charge in [-0.1, -0.05) is 0 Å². The Morgan fingerprint density at radius 2 is 1.56 bits per heavy atom. The smallest absolute Gasteiger partial charge is 0.406 e. The summed E-state index contributed by atoms with van der Waals surface area (Å²) in [5.74, 6) is -1.20. The third kappa shape index (κ3) is 5.91. The number of carbonyl (C=O) groups excluding carboxylic acids is 1. The first-order valence-electron chi connectivity index (χ1n) is 9.87. The van der Waals surface area contributed by atoms with Crippen LogP contribution in [-0.2, 0) is 24.8 Å². The van der Waals surface area contributed by atoms with Gasteiger partial charge >= 0.3 is 6.36 Å². The standard InChI is InChI=1S/C18H24F3N3O6S2/c1-31(26,27)24-8-2-3-14(13-24)17(25)22-9-11-23(12-10-22)32(28,29)16-6-4-15(5-7-16)30-18(19,20)21/h4-7,14H,2-3,8-13H2,1H3. The lowest BCUT2D eigenvalue weighted by atomic mass is 9.98. The van der Waals surface area contributed by atoms with E-state index < -0.39 is 38.1 Å². The second-order valence-corrected chi connectivity index (χ2v) is 11.6. The van der Waals surface area contributed by atoms with E-state index in [4.69, 9.17) is 0 Å². The molecule has 0 bridgehead atoms. The lowest BCUT2D eigenvalue weighted by Crippen LogP contribution is -2.53. The predicted molar refractivity (Wildman–Crippen MR) is 108 cm³/mol. The monoisotopic (exact) mass is 499 g/mol. The third-order valence-corrected chi connectivity index (χ3v) is 8.63. The van der Waals surface area contributed by atoms with Crippen LogP contribution >= 0.6 is 0 Å². The van der Waals surface area contributed by atoms with Crippen molar-refractivity contribution in [2.75, 3.05) is 45.5 Å². The number of piperidine rings is 1. The Balaban J connectivity index is 1.60. The van der Waals surface area contributed by atoms with Crippen molar-refractivity contribution in [2.24, 2.45) is 5.92 Å². The minimum Gasteiger partial charge on any atom is -0.406 e. The molecular formula is C18H24F3N3O6S2. The molecule has 2 aliphatic heterocycles. The van der Waals surface area contributed by atoms with Crippen LogP contribution in [0.15, 0.2) is 29.2 Å². The number of alkyl halides is 3. The molecule has 0 N–H and O–H groups in total. The maximum atomic E-state index is 12.8. The van der Waals surface area contributed by atoms with Crippen molar-refractivity contribution in [3.8, 4) is 5.75 Å². The molecule has 2 fully saturated rings. The second kappa shape index (κ2) is 9.15. The summed E-state index contributed by atoms with van der Waals surface area (Å²) >= 11 is 0. The number of nitrogens with zero attached hydrogens (tertiary/aromatic N) is 3. The quantitative estimate of drug-likeness (QED) is 0.601. The van der Waals surface area contributed by atoms with Gasteiger partial charge in [-0.3, -0.25) is 4.79 Å². The minimum absolute atomic E-state index is 0.0252. The van der Waals surface area contributed by atoms with Crippen LogP contribution in [0, 0.1) is 5.92 Å². The van der Waals surface area contributed by atoms with Gasteiger partial charge in [-0.2, -0.15) is 4.31 Å². The van der Waals surface area contributed by atoms with Gasteiger partial charge in [0.2, 0.25) is 26.0 Å². The lowest BCUT2D eigenvalue weighted by molar-refractivity contribution is -0.274. The van der Waals surface area contributed by atoms with E-state index in [1.165, 1.54) is 13.5 Å². The predicted octanol–water partition coefficient (Wildman–Crippen LogP) is 1.09. The molecule has 0 aliphatic carbocycles. The zero-order valence-corrected chi connectivity index (χ0v) is 18.9. The summed E-state index contributed by atoms with van der Waals surface area (Å²) in [5.41, 5.74) is 0. The second-order valence-electron chi connectivity index (χ2n) is 7.71. The van der Waals surface area contributed by atoms with Crippen LogP contribution in [0.2, 0.25) is 0 Å². The van der Waals surface area contributed by atoms with E-state index in [1.807, 2.05) is 0 Å². The first-order chi connectivity index (χ1) is 14.8. The Morgan fingerprint density at radius 3 is 2.09 bits per heavy atom. The van der Waals surface area contributed by atoms with Crippen LogP contribution in [-0.4, -0.2) is 88.1 Å². The summed E-state index contributed by atoms with van der Waals surface area (Å²) in [4.78, 5) is 14.2. The fourth-order valence-corrected chi connectivity index (χ4v) is 6.15. The number of hydrogen-bond donors (Lipinski definition) is 0. The van der Waals surface area contributed by atoms with Crippen LogP contribution in [0.3, 0.4) is 0 Å². The molecule has 1 aromatic carbocycles. The molecule has 1 unspecified atom stereocenters. The van der Waals surface area contributed by atoms with E-state index in [0.717, 1.165) is 30.5 Å². The number of hydrogen-bond acceptors (Lipinski definition) is 6. The van der Waals surface area contributed by atoms with Gasteiger partial charge in [-0.15, -0.1) is 13.2 Å². The van der Waals surface area contributed by atoms with E-state index in [0.29, 0.717) is 19.4 Å². The van der Waals surface area contributed by atoms with E-state index in [-0.39, 0.29) is 43.5 Å². The average Bonchev–Trinajstić information content (AvgIpc) is 2.72. The van der Waals surface area contributed by atoms with Gasteiger partial charge in [0.05, 0.1) is 17.1 Å². The Hall–Kier alpha value is -1.90. The summed E-state index contributed by atoms with van der Waals surface area (Å²) in [5, 5.41) is 0. The number of benzene rings is 1. The largest absolute Gasteiger partial charge is 0.573 e. The molecule has 0 saturated carbocycles. The average molecular weight is 500 g/mol.